The van der Waals surface area contributed by atoms with E-state index in [9.17, 15) is 4.79 Å². The van der Waals surface area contributed by atoms with Crippen molar-refractivity contribution in [1.82, 2.24) is 0 Å². The molecule has 1 saturated carbocycles. The molecule has 1 aliphatic rings. The standard InChI is InChI=1S/C9H13IO2/c10-8(9(11)12)6-7-4-2-1-3-5-7/h6-7H,1-5H2,(H,11,12)/b8-6+. The zero-order valence-electron chi connectivity index (χ0n) is 6.92. The first kappa shape index (κ1) is 10.0. The maximum Gasteiger partial charge on any atom is 0.341 e. The molecule has 2 nitrogen and oxygen atoms in total. The topological polar surface area (TPSA) is 37.3 Å². The van der Waals surface area contributed by atoms with E-state index in [1.165, 1.54) is 32.1 Å². The number of allylic oxidation sites excluding steroid dienone is 1. The van der Waals surface area contributed by atoms with Gasteiger partial charge >= 0.3 is 5.97 Å². The second-order valence-corrected chi connectivity index (χ2v) is 4.38. The first-order valence-corrected chi connectivity index (χ1v) is 5.38. The number of carboxylic acid groups (broad SMARTS) is 1. The number of carbonyl (C=O) groups is 1. The fourth-order valence-electron chi connectivity index (χ4n) is 1.58. The van der Waals surface area contributed by atoms with Gasteiger partial charge in [-0.1, -0.05) is 25.3 Å². The van der Waals surface area contributed by atoms with E-state index in [4.69, 9.17) is 5.11 Å². The van der Waals surface area contributed by atoms with Crippen LogP contribution in [-0.2, 0) is 4.79 Å². The van der Waals surface area contributed by atoms with Crippen LogP contribution in [0.25, 0.3) is 0 Å². The molecule has 0 unspecified atom stereocenters. The Hall–Kier alpha value is -0.0600. The summed E-state index contributed by atoms with van der Waals surface area (Å²) in [6.45, 7) is 0. The number of aliphatic carboxylic acids is 1. The molecule has 3 heteroatoms. The third-order valence-corrected chi connectivity index (χ3v) is 3.06. The van der Waals surface area contributed by atoms with Gasteiger partial charge in [0, 0.05) is 0 Å². The summed E-state index contributed by atoms with van der Waals surface area (Å²) >= 11 is 1.90. The van der Waals surface area contributed by atoms with Crippen LogP contribution in [0.2, 0.25) is 0 Å². The Morgan fingerprint density at radius 2 is 1.92 bits per heavy atom. The summed E-state index contributed by atoms with van der Waals surface area (Å²) in [5, 5.41) is 8.64. The van der Waals surface area contributed by atoms with Crippen LogP contribution >= 0.6 is 22.6 Å². The highest BCUT2D eigenvalue weighted by molar-refractivity contribution is 14.1. The molecule has 0 aromatic rings. The molecule has 0 aromatic heterocycles. The Balaban J connectivity index is 2.47. The van der Waals surface area contributed by atoms with E-state index in [1.807, 2.05) is 28.7 Å². The highest BCUT2D eigenvalue weighted by Gasteiger charge is 2.13. The Kier molecular flexibility index (Phi) is 4.05. The van der Waals surface area contributed by atoms with Gasteiger partial charge in [-0.15, -0.1) is 0 Å². The van der Waals surface area contributed by atoms with Gasteiger partial charge in [0.25, 0.3) is 0 Å². The van der Waals surface area contributed by atoms with Crippen molar-refractivity contribution in [3.05, 3.63) is 9.66 Å². The average molecular weight is 280 g/mol. The smallest absolute Gasteiger partial charge is 0.341 e. The molecule has 12 heavy (non-hydrogen) atoms. The molecule has 0 spiro atoms. The normalized spacial score (nSPS) is 20.9. The maximum atomic E-state index is 10.5. The lowest BCUT2D eigenvalue weighted by Gasteiger charge is -2.17. The largest absolute Gasteiger partial charge is 0.477 e. The lowest BCUT2D eigenvalue weighted by atomic mass is 9.89. The lowest BCUT2D eigenvalue weighted by molar-refractivity contribution is -0.131. The molecule has 0 heterocycles. The Morgan fingerprint density at radius 1 is 1.33 bits per heavy atom. The molecule has 0 amide bonds. The van der Waals surface area contributed by atoms with Gasteiger partial charge in [0.15, 0.2) is 0 Å². The molecule has 0 bridgehead atoms. The van der Waals surface area contributed by atoms with Crippen molar-refractivity contribution >= 4 is 28.6 Å². The summed E-state index contributed by atoms with van der Waals surface area (Å²) in [7, 11) is 0. The lowest BCUT2D eigenvalue weighted by Crippen LogP contribution is -2.05. The Bertz CT molecular complexity index is 193. The molecule has 0 atom stereocenters. The van der Waals surface area contributed by atoms with Crippen LogP contribution in [0.5, 0.6) is 0 Å². The predicted octanol–water partition coefficient (Wildman–Crippen LogP) is 2.97. The number of rotatable bonds is 2. The molecule has 0 aromatic carbocycles. The van der Waals surface area contributed by atoms with Gasteiger partial charge in [-0.25, -0.2) is 4.79 Å². The van der Waals surface area contributed by atoms with Crippen molar-refractivity contribution in [3.8, 4) is 0 Å². The zero-order chi connectivity index (χ0) is 8.97. The Labute approximate surface area is 86.2 Å². The first-order valence-electron chi connectivity index (χ1n) is 4.31. The number of carboxylic acids is 1. The van der Waals surface area contributed by atoms with E-state index in [2.05, 4.69) is 0 Å². The second kappa shape index (κ2) is 4.84. The molecule has 1 rings (SSSR count). The van der Waals surface area contributed by atoms with Crippen LogP contribution in [-0.4, -0.2) is 11.1 Å². The zero-order valence-corrected chi connectivity index (χ0v) is 9.08. The average Bonchev–Trinajstić information content (AvgIpc) is 2.06. The summed E-state index contributed by atoms with van der Waals surface area (Å²) in [6.07, 6.45) is 8.06. The molecule has 1 aliphatic carbocycles. The fraction of sp³-hybridized carbons (Fsp3) is 0.667. The van der Waals surface area contributed by atoms with Gasteiger partial charge < -0.3 is 5.11 Å². The molecule has 0 saturated heterocycles. The molecular formula is C9H13IO2. The van der Waals surface area contributed by atoms with E-state index in [-0.39, 0.29) is 0 Å². The summed E-state index contributed by atoms with van der Waals surface area (Å²) < 4.78 is 0.472. The summed E-state index contributed by atoms with van der Waals surface area (Å²) in [5.74, 6) is -0.275. The maximum absolute atomic E-state index is 10.5. The molecule has 68 valence electrons. The van der Waals surface area contributed by atoms with E-state index >= 15 is 0 Å². The van der Waals surface area contributed by atoms with Crippen molar-refractivity contribution in [3.63, 3.8) is 0 Å². The fourth-order valence-corrected chi connectivity index (χ4v) is 2.09. The van der Waals surface area contributed by atoms with Crippen molar-refractivity contribution < 1.29 is 9.90 Å². The minimum atomic E-state index is -0.791. The van der Waals surface area contributed by atoms with Crippen LogP contribution in [0.15, 0.2) is 9.66 Å². The first-order chi connectivity index (χ1) is 5.70. The third-order valence-electron chi connectivity index (χ3n) is 2.24. The minimum Gasteiger partial charge on any atom is -0.477 e. The number of hydrogen-bond donors (Lipinski definition) is 1. The van der Waals surface area contributed by atoms with Gasteiger partial charge in [0.1, 0.15) is 0 Å². The van der Waals surface area contributed by atoms with Crippen LogP contribution in [0.4, 0.5) is 0 Å². The van der Waals surface area contributed by atoms with Gasteiger partial charge in [0.2, 0.25) is 0 Å². The van der Waals surface area contributed by atoms with Gasteiger partial charge in [-0.05, 0) is 41.4 Å². The molecular weight excluding hydrogens is 267 g/mol. The minimum absolute atomic E-state index is 0.472. The molecule has 0 aliphatic heterocycles. The van der Waals surface area contributed by atoms with E-state index < -0.39 is 5.97 Å². The highest BCUT2D eigenvalue weighted by atomic mass is 127. The quantitative estimate of drug-likeness (QED) is 0.623. The summed E-state index contributed by atoms with van der Waals surface area (Å²) in [5.41, 5.74) is 0. The van der Waals surface area contributed by atoms with Gasteiger partial charge in [-0.2, -0.15) is 0 Å². The monoisotopic (exact) mass is 280 g/mol. The summed E-state index contributed by atoms with van der Waals surface area (Å²) in [4.78, 5) is 10.5. The molecule has 1 N–H and O–H groups in total. The van der Waals surface area contributed by atoms with Crippen molar-refractivity contribution in [1.29, 1.82) is 0 Å². The predicted molar refractivity (Wildman–Crippen MR) is 56.3 cm³/mol. The number of halogens is 1. The van der Waals surface area contributed by atoms with Crippen LogP contribution in [0.3, 0.4) is 0 Å². The molecule has 0 radical (unpaired) electrons. The van der Waals surface area contributed by atoms with Crippen molar-refractivity contribution in [2.24, 2.45) is 5.92 Å². The van der Waals surface area contributed by atoms with E-state index in [0.29, 0.717) is 9.50 Å². The summed E-state index contributed by atoms with van der Waals surface area (Å²) in [6, 6.07) is 0. The van der Waals surface area contributed by atoms with E-state index in [0.717, 1.165) is 0 Å². The highest BCUT2D eigenvalue weighted by Crippen LogP contribution is 2.26. The van der Waals surface area contributed by atoms with Gasteiger partial charge in [0.05, 0.1) is 3.58 Å². The van der Waals surface area contributed by atoms with Crippen LogP contribution < -0.4 is 0 Å². The van der Waals surface area contributed by atoms with Crippen molar-refractivity contribution in [2.75, 3.05) is 0 Å². The third kappa shape index (κ3) is 3.13. The Morgan fingerprint density at radius 3 is 2.42 bits per heavy atom. The second-order valence-electron chi connectivity index (χ2n) is 3.22. The van der Waals surface area contributed by atoms with Gasteiger partial charge in [-0.3, -0.25) is 0 Å². The van der Waals surface area contributed by atoms with E-state index in [1.54, 1.807) is 0 Å². The molecule has 1 fully saturated rings. The number of hydrogen-bond acceptors (Lipinski definition) is 1. The SMILES string of the molecule is O=C(O)/C(I)=C\C1CCCCC1. The van der Waals surface area contributed by atoms with Crippen molar-refractivity contribution in [2.45, 2.75) is 32.1 Å². The van der Waals surface area contributed by atoms with Crippen LogP contribution in [0.1, 0.15) is 32.1 Å². The van der Waals surface area contributed by atoms with Crippen LogP contribution in [0, 0.1) is 5.92 Å².